The molecule has 0 aromatic carbocycles. The highest BCUT2D eigenvalue weighted by atomic mass is 16.4. The van der Waals surface area contributed by atoms with E-state index in [1.54, 1.807) is 0 Å². The number of hydrogen-bond donors (Lipinski definition) is 1. The quantitative estimate of drug-likeness (QED) is 0.906. The second-order valence-electron chi connectivity index (χ2n) is 8.15. The van der Waals surface area contributed by atoms with E-state index in [-0.39, 0.29) is 11.8 Å². The third-order valence-corrected chi connectivity index (χ3v) is 6.52. The van der Waals surface area contributed by atoms with Crippen LogP contribution in [0.4, 0.5) is 0 Å². The van der Waals surface area contributed by atoms with Crippen molar-refractivity contribution in [2.75, 3.05) is 13.1 Å². The molecule has 2 atom stereocenters. The highest BCUT2D eigenvalue weighted by Gasteiger charge is 2.43. The van der Waals surface area contributed by atoms with Crippen LogP contribution in [0.3, 0.4) is 0 Å². The van der Waals surface area contributed by atoms with Gasteiger partial charge in [-0.1, -0.05) is 25.7 Å². The highest BCUT2D eigenvalue weighted by Crippen LogP contribution is 2.40. The van der Waals surface area contributed by atoms with E-state index >= 15 is 0 Å². The lowest BCUT2D eigenvalue weighted by molar-refractivity contribution is -0.143. The van der Waals surface area contributed by atoms with E-state index in [4.69, 9.17) is 4.42 Å². The molecule has 0 bridgehead atoms. The molecule has 2 heterocycles. The van der Waals surface area contributed by atoms with Gasteiger partial charge < -0.3 is 14.4 Å². The predicted octanol–water partition coefficient (Wildman–Crippen LogP) is 2.81. The number of carbonyl (C=O) groups is 1. The molecule has 1 aromatic rings. The number of hydrogen-bond acceptors (Lipinski definition) is 5. The van der Waals surface area contributed by atoms with Crippen molar-refractivity contribution in [3.05, 3.63) is 11.8 Å². The van der Waals surface area contributed by atoms with Gasteiger partial charge in [-0.2, -0.15) is 0 Å². The summed E-state index contributed by atoms with van der Waals surface area (Å²) in [4.78, 5) is 14.5. The summed E-state index contributed by atoms with van der Waals surface area (Å²) < 4.78 is 5.77. The Labute approximate surface area is 149 Å². The highest BCUT2D eigenvalue weighted by molar-refractivity contribution is 5.76. The van der Waals surface area contributed by atoms with Gasteiger partial charge in [-0.25, -0.2) is 0 Å². The summed E-state index contributed by atoms with van der Waals surface area (Å²) in [5.74, 6) is 2.15. The molecule has 3 aliphatic rings. The second-order valence-corrected chi connectivity index (χ2v) is 8.15. The van der Waals surface area contributed by atoms with Gasteiger partial charge in [0.2, 0.25) is 17.7 Å². The van der Waals surface area contributed by atoms with E-state index in [2.05, 4.69) is 10.2 Å². The molecule has 0 spiro atoms. The summed E-state index contributed by atoms with van der Waals surface area (Å²) in [6, 6.07) is 0. The summed E-state index contributed by atoms with van der Waals surface area (Å²) >= 11 is 0. The van der Waals surface area contributed by atoms with Crippen molar-refractivity contribution < 1.29 is 14.3 Å². The number of fused-ring (bicyclic) bond motifs is 1. The number of amides is 1. The van der Waals surface area contributed by atoms with Crippen molar-refractivity contribution >= 4 is 5.91 Å². The lowest BCUT2D eigenvalue weighted by atomic mass is 9.71. The zero-order chi connectivity index (χ0) is 17.3. The summed E-state index contributed by atoms with van der Waals surface area (Å²) in [6.45, 7) is 1.37. The van der Waals surface area contributed by atoms with Gasteiger partial charge in [-0.3, -0.25) is 4.79 Å². The lowest BCUT2D eigenvalue weighted by Crippen LogP contribution is -2.54. The van der Waals surface area contributed by atoms with Gasteiger partial charge in [0, 0.05) is 37.8 Å². The molecule has 6 heteroatoms. The van der Waals surface area contributed by atoms with Crippen molar-refractivity contribution in [1.29, 1.82) is 0 Å². The Kier molecular flexibility index (Phi) is 4.80. The molecule has 0 unspecified atom stereocenters. The molecule has 1 aliphatic heterocycles. The van der Waals surface area contributed by atoms with Crippen LogP contribution in [0, 0.1) is 5.92 Å². The van der Waals surface area contributed by atoms with E-state index in [0.29, 0.717) is 37.7 Å². The SMILES string of the molecule is O=C(CCc1nnc(C2CCCC2)o1)N1CC[C@@]2(O)CCCC[C@@H]2C1. The van der Waals surface area contributed by atoms with E-state index in [1.165, 1.54) is 19.3 Å². The van der Waals surface area contributed by atoms with Gasteiger partial charge in [0.05, 0.1) is 5.60 Å². The molecule has 2 aliphatic carbocycles. The number of carbonyl (C=O) groups excluding carboxylic acids is 1. The monoisotopic (exact) mass is 347 g/mol. The lowest BCUT2D eigenvalue weighted by Gasteiger charge is -2.47. The van der Waals surface area contributed by atoms with Gasteiger partial charge in [0.15, 0.2) is 0 Å². The first kappa shape index (κ1) is 17.0. The first-order valence-electron chi connectivity index (χ1n) is 9.96. The molecule has 1 aromatic heterocycles. The Morgan fingerprint density at radius 3 is 2.80 bits per heavy atom. The largest absolute Gasteiger partial charge is 0.425 e. The summed E-state index contributed by atoms with van der Waals surface area (Å²) in [5.41, 5.74) is -0.530. The van der Waals surface area contributed by atoms with Gasteiger partial charge in [0.25, 0.3) is 0 Å². The van der Waals surface area contributed by atoms with Gasteiger partial charge in [0.1, 0.15) is 0 Å². The number of piperidine rings is 1. The third-order valence-electron chi connectivity index (χ3n) is 6.52. The number of aryl methyl sites for hydroxylation is 1. The number of likely N-dealkylation sites (tertiary alicyclic amines) is 1. The van der Waals surface area contributed by atoms with E-state index < -0.39 is 5.60 Å². The van der Waals surface area contributed by atoms with Crippen LogP contribution in [0.25, 0.3) is 0 Å². The van der Waals surface area contributed by atoms with Crippen molar-refractivity contribution in [3.63, 3.8) is 0 Å². The normalized spacial score (nSPS) is 30.4. The van der Waals surface area contributed by atoms with Crippen LogP contribution in [0.1, 0.15) is 81.9 Å². The minimum Gasteiger partial charge on any atom is -0.425 e. The average molecular weight is 347 g/mol. The number of aliphatic hydroxyl groups is 1. The first-order valence-corrected chi connectivity index (χ1v) is 9.96. The first-order chi connectivity index (χ1) is 12.1. The predicted molar refractivity (Wildman–Crippen MR) is 91.9 cm³/mol. The summed E-state index contributed by atoms with van der Waals surface area (Å²) in [5, 5.41) is 19.0. The fourth-order valence-electron chi connectivity index (χ4n) is 4.87. The zero-order valence-electron chi connectivity index (χ0n) is 15.0. The molecular formula is C19H29N3O3. The number of nitrogens with zero attached hydrogens (tertiary/aromatic N) is 3. The maximum absolute atomic E-state index is 12.6. The van der Waals surface area contributed by atoms with Crippen LogP contribution in [0.5, 0.6) is 0 Å². The fraction of sp³-hybridized carbons (Fsp3) is 0.842. The minimum absolute atomic E-state index is 0.147. The van der Waals surface area contributed by atoms with Crippen LogP contribution < -0.4 is 0 Å². The topological polar surface area (TPSA) is 79.5 Å². The van der Waals surface area contributed by atoms with Crippen molar-refractivity contribution in [2.24, 2.45) is 5.92 Å². The zero-order valence-corrected chi connectivity index (χ0v) is 15.0. The molecule has 4 rings (SSSR count). The van der Waals surface area contributed by atoms with Crippen LogP contribution in [0.15, 0.2) is 4.42 Å². The smallest absolute Gasteiger partial charge is 0.223 e. The Morgan fingerprint density at radius 2 is 1.96 bits per heavy atom. The molecule has 2 saturated carbocycles. The third kappa shape index (κ3) is 3.59. The van der Waals surface area contributed by atoms with Crippen molar-refractivity contribution in [1.82, 2.24) is 15.1 Å². The maximum Gasteiger partial charge on any atom is 0.223 e. The van der Waals surface area contributed by atoms with Crippen molar-refractivity contribution in [2.45, 2.75) is 82.1 Å². The van der Waals surface area contributed by atoms with Crippen LogP contribution in [0.2, 0.25) is 0 Å². The summed E-state index contributed by atoms with van der Waals surface area (Å²) in [7, 11) is 0. The van der Waals surface area contributed by atoms with Crippen LogP contribution >= 0.6 is 0 Å². The number of aromatic nitrogens is 2. The number of rotatable bonds is 4. The second kappa shape index (κ2) is 7.06. The Morgan fingerprint density at radius 1 is 1.16 bits per heavy atom. The average Bonchev–Trinajstić information content (AvgIpc) is 3.30. The Balaban J connectivity index is 1.29. The van der Waals surface area contributed by atoms with E-state index in [0.717, 1.165) is 44.4 Å². The minimum atomic E-state index is -0.530. The molecular weight excluding hydrogens is 318 g/mol. The summed E-state index contributed by atoms with van der Waals surface area (Å²) in [6.07, 6.45) is 10.6. The molecule has 1 amide bonds. The maximum atomic E-state index is 12.6. The van der Waals surface area contributed by atoms with Gasteiger partial charge >= 0.3 is 0 Å². The molecule has 1 N–H and O–H groups in total. The fourth-order valence-corrected chi connectivity index (χ4v) is 4.87. The van der Waals surface area contributed by atoms with Crippen molar-refractivity contribution in [3.8, 4) is 0 Å². The molecule has 0 radical (unpaired) electrons. The molecule has 25 heavy (non-hydrogen) atoms. The Hall–Kier alpha value is -1.43. The van der Waals surface area contributed by atoms with Crippen LogP contribution in [-0.4, -0.2) is 44.8 Å². The molecule has 6 nitrogen and oxygen atoms in total. The molecule has 3 fully saturated rings. The molecule has 138 valence electrons. The van der Waals surface area contributed by atoms with E-state index in [1.807, 2.05) is 4.90 Å². The van der Waals surface area contributed by atoms with E-state index in [9.17, 15) is 9.90 Å². The van der Waals surface area contributed by atoms with Crippen LogP contribution in [-0.2, 0) is 11.2 Å². The Bertz CT molecular complexity index is 611. The standard InChI is InChI=1S/C19H29N3O3/c23-17(22-12-11-19(24)10-4-3-7-15(19)13-22)9-8-16-20-21-18(25-16)14-5-1-2-6-14/h14-15,24H,1-13H2/t15-,19+/m1/s1. The van der Waals surface area contributed by atoms with Gasteiger partial charge in [-0.05, 0) is 32.1 Å². The molecule has 1 saturated heterocycles. The van der Waals surface area contributed by atoms with Gasteiger partial charge in [-0.15, -0.1) is 10.2 Å².